The summed E-state index contributed by atoms with van der Waals surface area (Å²) in [7, 11) is 1.99. The Balaban J connectivity index is 1.58. The minimum atomic E-state index is -0.313. The molecule has 3 aromatic carbocycles. The monoisotopic (exact) mass is 383 g/mol. The van der Waals surface area contributed by atoms with Crippen LogP contribution in [0.4, 0.5) is 10.1 Å². The Morgan fingerprint density at radius 3 is 2.45 bits per heavy atom. The summed E-state index contributed by atoms with van der Waals surface area (Å²) in [6, 6.07) is 23.6. The van der Waals surface area contributed by atoms with E-state index >= 15 is 0 Å². The van der Waals surface area contributed by atoms with Gasteiger partial charge in [0.25, 0.3) is 5.91 Å². The molecule has 29 heavy (non-hydrogen) atoms. The number of nitrogens with one attached hydrogen (secondary N) is 1. The maximum absolute atomic E-state index is 13.4. The number of fused-ring (bicyclic) bond motifs is 2. The van der Waals surface area contributed by atoms with Gasteiger partial charge in [-0.05, 0) is 60.7 Å². The Bertz CT molecular complexity index is 1360. The Labute approximate surface area is 166 Å². The molecule has 5 aromatic rings. The number of hydrogen-bond donors (Lipinski definition) is 1. The lowest BCUT2D eigenvalue weighted by Gasteiger charge is -2.12. The van der Waals surface area contributed by atoms with Gasteiger partial charge in [0.05, 0.1) is 5.52 Å². The highest BCUT2D eigenvalue weighted by atomic mass is 19.1. The molecular formula is C24H18FN3O. The first-order chi connectivity index (χ1) is 14.1. The van der Waals surface area contributed by atoms with E-state index in [9.17, 15) is 9.18 Å². The number of para-hydroxylation sites is 1. The third-order valence-corrected chi connectivity index (χ3v) is 5.17. The molecule has 0 aliphatic heterocycles. The van der Waals surface area contributed by atoms with Crippen LogP contribution >= 0.6 is 0 Å². The molecule has 2 aromatic heterocycles. The number of amides is 1. The minimum Gasteiger partial charge on any atom is -0.351 e. The van der Waals surface area contributed by atoms with Crippen molar-refractivity contribution in [1.29, 1.82) is 0 Å². The highest BCUT2D eigenvalue weighted by Gasteiger charge is 2.17. The van der Waals surface area contributed by atoms with E-state index < -0.39 is 0 Å². The maximum atomic E-state index is 13.4. The van der Waals surface area contributed by atoms with Crippen LogP contribution in [0.15, 0.2) is 85.1 Å². The number of aryl methyl sites for hydroxylation is 1. The predicted molar refractivity (Wildman–Crippen MR) is 114 cm³/mol. The summed E-state index contributed by atoms with van der Waals surface area (Å²) in [6.07, 6.45) is 1.99. The normalized spacial score (nSPS) is 11.2. The van der Waals surface area contributed by atoms with Crippen molar-refractivity contribution in [3.05, 3.63) is 96.6 Å². The lowest BCUT2D eigenvalue weighted by atomic mass is 10.2. The van der Waals surface area contributed by atoms with Crippen molar-refractivity contribution in [3.8, 4) is 5.69 Å². The molecule has 0 radical (unpaired) electrons. The molecule has 1 amide bonds. The van der Waals surface area contributed by atoms with Crippen LogP contribution in [0.25, 0.3) is 27.5 Å². The fraction of sp³-hybridized carbons (Fsp3) is 0.0417. The van der Waals surface area contributed by atoms with E-state index in [1.807, 2.05) is 77.0 Å². The number of aromatic nitrogens is 2. The Morgan fingerprint density at radius 2 is 1.62 bits per heavy atom. The molecule has 0 bridgehead atoms. The van der Waals surface area contributed by atoms with Crippen LogP contribution < -0.4 is 5.32 Å². The van der Waals surface area contributed by atoms with Gasteiger partial charge >= 0.3 is 0 Å². The summed E-state index contributed by atoms with van der Waals surface area (Å²) in [5.41, 5.74) is 3.94. The molecule has 1 N–H and O–H groups in total. The number of hydrogen-bond acceptors (Lipinski definition) is 1. The van der Waals surface area contributed by atoms with Crippen molar-refractivity contribution in [2.45, 2.75) is 0 Å². The molecule has 5 rings (SSSR count). The molecular weight excluding hydrogens is 365 g/mol. The van der Waals surface area contributed by atoms with Crippen LogP contribution in [0.1, 0.15) is 10.5 Å². The van der Waals surface area contributed by atoms with Gasteiger partial charge in [0.15, 0.2) is 0 Å². The van der Waals surface area contributed by atoms with Gasteiger partial charge < -0.3 is 14.5 Å². The second-order valence-corrected chi connectivity index (χ2v) is 7.05. The first-order valence-corrected chi connectivity index (χ1v) is 9.33. The van der Waals surface area contributed by atoms with E-state index in [2.05, 4.69) is 5.32 Å². The number of rotatable bonds is 3. The van der Waals surface area contributed by atoms with E-state index in [0.29, 0.717) is 5.69 Å². The average Bonchev–Trinajstić information content (AvgIpc) is 3.29. The highest BCUT2D eigenvalue weighted by molar-refractivity contribution is 6.07. The SMILES string of the molecule is Cn1ccc2cc(NC(=O)c3cc4ccccc4n3-c3ccc(F)cc3)ccc21. The molecule has 0 aliphatic rings. The molecule has 0 aliphatic carbocycles. The molecule has 2 heterocycles. The molecule has 0 saturated heterocycles. The summed E-state index contributed by atoms with van der Waals surface area (Å²) >= 11 is 0. The summed E-state index contributed by atoms with van der Waals surface area (Å²) in [5, 5.41) is 5.00. The first kappa shape index (κ1) is 17.3. The van der Waals surface area contributed by atoms with Crippen LogP contribution in [0.2, 0.25) is 0 Å². The van der Waals surface area contributed by atoms with Gasteiger partial charge in [-0.25, -0.2) is 4.39 Å². The number of carbonyl (C=O) groups excluding carboxylic acids is 1. The van der Waals surface area contributed by atoms with E-state index in [4.69, 9.17) is 0 Å². The molecule has 0 fully saturated rings. The molecule has 4 nitrogen and oxygen atoms in total. The number of benzene rings is 3. The molecule has 0 atom stereocenters. The maximum Gasteiger partial charge on any atom is 0.272 e. The van der Waals surface area contributed by atoms with Crippen molar-refractivity contribution < 1.29 is 9.18 Å². The lowest BCUT2D eigenvalue weighted by molar-refractivity contribution is 0.102. The molecule has 0 spiro atoms. The highest BCUT2D eigenvalue weighted by Crippen LogP contribution is 2.26. The van der Waals surface area contributed by atoms with Crippen LogP contribution in [-0.4, -0.2) is 15.0 Å². The minimum absolute atomic E-state index is 0.221. The van der Waals surface area contributed by atoms with Crippen LogP contribution in [0.5, 0.6) is 0 Å². The van der Waals surface area contributed by atoms with Crippen molar-refractivity contribution in [2.24, 2.45) is 7.05 Å². The second kappa shape index (κ2) is 6.63. The van der Waals surface area contributed by atoms with Crippen molar-refractivity contribution in [3.63, 3.8) is 0 Å². The smallest absolute Gasteiger partial charge is 0.272 e. The summed E-state index contributed by atoms with van der Waals surface area (Å²) in [6.45, 7) is 0. The zero-order valence-corrected chi connectivity index (χ0v) is 15.8. The fourth-order valence-corrected chi connectivity index (χ4v) is 3.74. The summed E-state index contributed by atoms with van der Waals surface area (Å²) in [5.74, 6) is -0.534. The van der Waals surface area contributed by atoms with E-state index in [1.54, 1.807) is 12.1 Å². The number of anilines is 1. The fourth-order valence-electron chi connectivity index (χ4n) is 3.74. The van der Waals surface area contributed by atoms with Gasteiger partial charge in [0.2, 0.25) is 0 Å². The van der Waals surface area contributed by atoms with Gasteiger partial charge in [0.1, 0.15) is 11.5 Å². The third-order valence-electron chi connectivity index (χ3n) is 5.17. The molecule has 142 valence electrons. The zero-order valence-electron chi connectivity index (χ0n) is 15.8. The number of carbonyl (C=O) groups is 1. The lowest BCUT2D eigenvalue weighted by Crippen LogP contribution is -2.16. The van der Waals surface area contributed by atoms with Gasteiger partial charge in [-0.15, -0.1) is 0 Å². The summed E-state index contributed by atoms with van der Waals surface area (Å²) < 4.78 is 17.3. The number of halogens is 1. The Hall–Kier alpha value is -3.86. The Morgan fingerprint density at radius 1 is 0.862 bits per heavy atom. The van der Waals surface area contributed by atoms with Crippen LogP contribution in [0.3, 0.4) is 0 Å². The van der Waals surface area contributed by atoms with Crippen LogP contribution in [0, 0.1) is 5.82 Å². The van der Waals surface area contributed by atoms with Crippen molar-refractivity contribution >= 4 is 33.4 Å². The number of nitrogens with zero attached hydrogens (tertiary/aromatic N) is 2. The van der Waals surface area contributed by atoms with E-state index in [-0.39, 0.29) is 11.7 Å². The quantitative estimate of drug-likeness (QED) is 0.438. The van der Waals surface area contributed by atoms with Gasteiger partial charge in [-0.3, -0.25) is 4.79 Å². The average molecular weight is 383 g/mol. The largest absolute Gasteiger partial charge is 0.351 e. The van der Waals surface area contributed by atoms with Crippen molar-refractivity contribution in [2.75, 3.05) is 5.32 Å². The van der Waals surface area contributed by atoms with Gasteiger partial charge in [-0.1, -0.05) is 18.2 Å². The summed E-state index contributed by atoms with van der Waals surface area (Å²) in [4.78, 5) is 13.2. The topological polar surface area (TPSA) is 39.0 Å². The van der Waals surface area contributed by atoms with Crippen molar-refractivity contribution in [1.82, 2.24) is 9.13 Å². The second-order valence-electron chi connectivity index (χ2n) is 7.05. The van der Waals surface area contributed by atoms with Crippen LogP contribution in [-0.2, 0) is 7.05 Å². The predicted octanol–water partition coefficient (Wildman–Crippen LogP) is 5.51. The van der Waals surface area contributed by atoms with Gasteiger partial charge in [0, 0.05) is 40.9 Å². The zero-order chi connectivity index (χ0) is 20.0. The standard InChI is InChI=1S/C24H18FN3O/c1-27-13-12-17-14-19(8-11-21(17)27)26-24(29)23-15-16-4-2-3-5-22(16)28(23)20-9-6-18(25)7-10-20/h2-15H,1H3,(H,26,29). The Kier molecular flexibility index (Phi) is 3.95. The van der Waals surface area contributed by atoms with Gasteiger partial charge in [-0.2, -0.15) is 0 Å². The first-order valence-electron chi connectivity index (χ1n) is 9.33. The molecule has 5 heteroatoms. The van der Waals surface area contributed by atoms with E-state index in [0.717, 1.165) is 33.2 Å². The van der Waals surface area contributed by atoms with E-state index in [1.165, 1.54) is 12.1 Å². The third kappa shape index (κ3) is 2.97. The molecule has 0 saturated carbocycles. The molecule has 0 unspecified atom stereocenters.